The fourth-order valence-electron chi connectivity index (χ4n) is 2.59. The highest BCUT2D eigenvalue weighted by atomic mass is 32.2. The first-order valence-electron chi connectivity index (χ1n) is 7.94. The van der Waals surface area contributed by atoms with Crippen LogP contribution in [0.2, 0.25) is 0 Å². The average molecular weight is 361 g/mol. The summed E-state index contributed by atoms with van der Waals surface area (Å²) in [5.41, 5.74) is 2.81. The van der Waals surface area contributed by atoms with Crippen LogP contribution < -0.4 is 15.8 Å². The number of primary sulfonamides is 1. The predicted molar refractivity (Wildman–Crippen MR) is 98.6 cm³/mol. The number of anilines is 1. The van der Waals surface area contributed by atoms with E-state index < -0.39 is 16.1 Å². The first-order valence-corrected chi connectivity index (χ1v) is 9.48. The normalized spacial score (nSPS) is 13.9. The van der Waals surface area contributed by atoms with Crippen LogP contribution in [-0.4, -0.2) is 20.4 Å². The van der Waals surface area contributed by atoms with E-state index in [-0.39, 0.29) is 16.8 Å². The summed E-state index contributed by atoms with van der Waals surface area (Å²) in [6.45, 7) is 5.82. The molecule has 0 saturated heterocycles. The van der Waals surface area contributed by atoms with Gasteiger partial charge in [0.1, 0.15) is 0 Å². The molecular weight excluding hydrogens is 338 g/mol. The van der Waals surface area contributed by atoms with Gasteiger partial charge < -0.3 is 5.32 Å². The molecule has 2 atom stereocenters. The van der Waals surface area contributed by atoms with Gasteiger partial charge in [0.2, 0.25) is 15.9 Å². The van der Waals surface area contributed by atoms with Crippen molar-refractivity contribution in [3.8, 4) is 0 Å². The summed E-state index contributed by atoms with van der Waals surface area (Å²) >= 11 is 0. The third-order valence-electron chi connectivity index (χ3n) is 4.00. The van der Waals surface area contributed by atoms with Gasteiger partial charge in [-0.3, -0.25) is 10.1 Å². The van der Waals surface area contributed by atoms with Crippen molar-refractivity contribution in [2.45, 2.75) is 37.8 Å². The van der Waals surface area contributed by atoms with Crippen LogP contribution in [0.1, 0.15) is 31.0 Å². The number of amides is 1. The summed E-state index contributed by atoms with van der Waals surface area (Å²) in [7, 11) is -3.74. The molecule has 2 aromatic rings. The van der Waals surface area contributed by atoms with Crippen molar-refractivity contribution >= 4 is 21.6 Å². The molecule has 0 aliphatic carbocycles. The maximum Gasteiger partial charge on any atom is 0.241 e. The minimum atomic E-state index is -3.74. The van der Waals surface area contributed by atoms with Gasteiger partial charge in [0, 0.05) is 11.7 Å². The molecule has 6 nitrogen and oxygen atoms in total. The Morgan fingerprint density at radius 2 is 1.64 bits per heavy atom. The van der Waals surface area contributed by atoms with Gasteiger partial charge in [0.05, 0.1) is 10.9 Å². The monoisotopic (exact) mass is 361 g/mol. The SMILES string of the molecule is Cc1ccccc1C(C)NC(C)C(=O)Nc1ccc(S(N)(=O)=O)cc1. The second-order valence-electron chi connectivity index (χ2n) is 6.03. The number of hydrogen-bond acceptors (Lipinski definition) is 4. The Balaban J connectivity index is 1.99. The van der Waals surface area contributed by atoms with E-state index in [1.54, 1.807) is 6.92 Å². The molecule has 7 heteroatoms. The van der Waals surface area contributed by atoms with E-state index in [0.717, 1.165) is 11.1 Å². The summed E-state index contributed by atoms with van der Waals surface area (Å²) in [6, 6.07) is 13.3. The van der Waals surface area contributed by atoms with E-state index in [1.807, 2.05) is 38.1 Å². The van der Waals surface area contributed by atoms with Crippen molar-refractivity contribution in [3.63, 3.8) is 0 Å². The van der Waals surface area contributed by atoms with E-state index in [9.17, 15) is 13.2 Å². The number of rotatable bonds is 6. The summed E-state index contributed by atoms with van der Waals surface area (Å²) < 4.78 is 22.5. The standard InChI is InChI=1S/C18H23N3O3S/c1-12-6-4-5-7-17(12)13(2)20-14(3)18(22)21-15-8-10-16(11-9-15)25(19,23)24/h4-11,13-14,20H,1-3H3,(H,21,22)(H2,19,23,24). The lowest BCUT2D eigenvalue weighted by atomic mass is 10.0. The summed E-state index contributed by atoms with van der Waals surface area (Å²) in [5.74, 6) is -0.205. The zero-order valence-electron chi connectivity index (χ0n) is 14.5. The third kappa shape index (κ3) is 5.12. The highest BCUT2D eigenvalue weighted by Crippen LogP contribution is 2.18. The number of aryl methyl sites for hydroxylation is 1. The predicted octanol–water partition coefficient (Wildman–Crippen LogP) is 2.32. The maximum absolute atomic E-state index is 12.3. The minimum Gasteiger partial charge on any atom is -0.325 e. The smallest absolute Gasteiger partial charge is 0.241 e. The molecule has 0 bridgehead atoms. The third-order valence-corrected chi connectivity index (χ3v) is 4.93. The van der Waals surface area contributed by atoms with Gasteiger partial charge in [-0.15, -0.1) is 0 Å². The van der Waals surface area contributed by atoms with Crippen LogP contribution in [0.4, 0.5) is 5.69 Å². The van der Waals surface area contributed by atoms with Crippen LogP contribution in [0.15, 0.2) is 53.4 Å². The van der Waals surface area contributed by atoms with Crippen molar-refractivity contribution in [1.29, 1.82) is 0 Å². The first kappa shape index (κ1) is 19.1. The Hall–Kier alpha value is -2.22. The van der Waals surface area contributed by atoms with Crippen molar-refractivity contribution < 1.29 is 13.2 Å². The minimum absolute atomic E-state index is 0.00449. The molecule has 0 heterocycles. The van der Waals surface area contributed by atoms with E-state index in [1.165, 1.54) is 24.3 Å². The zero-order valence-corrected chi connectivity index (χ0v) is 15.3. The van der Waals surface area contributed by atoms with Gasteiger partial charge in [-0.05, 0) is 56.2 Å². The number of benzene rings is 2. The lowest BCUT2D eigenvalue weighted by Crippen LogP contribution is -2.39. The Labute approximate surface area is 148 Å². The molecule has 25 heavy (non-hydrogen) atoms. The number of hydrogen-bond donors (Lipinski definition) is 3. The van der Waals surface area contributed by atoms with Gasteiger partial charge in [0.25, 0.3) is 0 Å². The number of carbonyl (C=O) groups is 1. The van der Waals surface area contributed by atoms with Gasteiger partial charge >= 0.3 is 0 Å². The van der Waals surface area contributed by atoms with Crippen LogP contribution in [0, 0.1) is 6.92 Å². The molecule has 2 rings (SSSR count). The summed E-state index contributed by atoms with van der Waals surface area (Å²) in [5, 5.41) is 11.1. The van der Waals surface area contributed by atoms with E-state index in [2.05, 4.69) is 10.6 Å². The number of sulfonamides is 1. The second-order valence-corrected chi connectivity index (χ2v) is 7.59. The first-order chi connectivity index (χ1) is 11.7. The lowest BCUT2D eigenvalue weighted by molar-refractivity contribution is -0.117. The molecule has 2 unspecified atom stereocenters. The van der Waals surface area contributed by atoms with Crippen LogP contribution in [-0.2, 0) is 14.8 Å². The number of nitrogens with one attached hydrogen (secondary N) is 2. The molecule has 2 aromatic carbocycles. The molecule has 0 aromatic heterocycles. The second kappa shape index (κ2) is 7.77. The van der Waals surface area contributed by atoms with Gasteiger partial charge in [-0.1, -0.05) is 24.3 Å². The quantitative estimate of drug-likeness (QED) is 0.735. The Bertz CT molecular complexity index is 848. The fraction of sp³-hybridized carbons (Fsp3) is 0.278. The van der Waals surface area contributed by atoms with Gasteiger partial charge in [-0.25, -0.2) is 13.6 Å². The highest BCUT2D eigenvalue weighted by Gasteiger charge is 2.17. The molecule has 0 radical (unpaired) electrons. The van der Waals surface area contributed by atoms with Crippen LogP contribution in [0.5, 0.6) is 0 Å². The maximum atomic E-state index is 12.3. The molecule has 0 spiro atoms. The zero-order chi connectivity index (χ0) is 18.6. The van der Waals surface area contributed by atoms with Crippen molar-refractivity contribution in [2.24, 2.45) is 5.14 Å². The van der Waals surface area contributed by atoms with E-state index >= 15 is 0 Å². The Morgan fingerprint density at radius 3 is 2.20 bits per heavy atom. The molecule has 0 fully saturated rings. The molecular formula is C18H23N3O3S. The Kier molecular flexibility index (Phi) is 5.94. The summed E-state index contributed by atoms with van der Waals surface area (Å²) in [4.78, 5) is 12.3. The van der Waals surface area contributed by atoms with Crippen LogP contribution >= 0.6 is 0 Å². The summed E-state index contributed by atoms with van der Waals surface area (Å²) in [6.07, 6.45) is 0. The highest BCUT2D eigenvalue weighted by molar-refractivity contribution is 7.89. The van der Waals surface area contributed by atoms with Gasteiger partial charge in [0.15, 0.2) is 0 Å². The van der Waals surface area contributed by atoms with Crippen molar-refractivity contribution in [3.05, 3.63) is 59.7 Å². The van der Waals surface area contributed by atoms with E-state index in [0.29, 0.717) is 5.69 Å². The molecule has 1 amide bonds. The van der Waals surface area contributed by atoms with Crippen molar-refractivity contribution in [1.82, 2.24) is 5.32 Å². The average Bonchev–Trinajstić information content (AvgIpc) is 2.54. The lowest BCUT2D eigenvalue weighted by Gasteiger charge is -2.21. The Morgan fingerprint density at radius 1 is 1.04 bits per heavy atom. The molecule has 0 saturated carbocycles. The number of carbonyl (C=O) groups excluding carboxylic acids is 1. The topological polar surface area (TPSA) is 101 Å². The largest absolute Gasteiger partial charge is 0.325 e. The van der Waals surface area contributed by atoms with Crippen LogP contribution in [0.3, 0.4) is 0 Å². The van der Waals surface area contributed by atoms with Gasteiger partial charge in [-0.2, -0.15) is 0 Å². The molecule has 0 aliphatic rings. The van der Waals surface area contributed by atoms with Crippen LogP contribution in [0.25, 0.3) is 0 Å². The fourth-order valence-corrected chi connectivity index (χ4v) is 3.11. The molecule has 4 N–H and O–H groups in total. The molecule has 0 aliphatic heterocycles. The van der Waals surface area contributed by atoms with E-state index in [4.69, 9.17) is 5.14 Å². The van der Waals surface area contributed by atoms with Crippen molar-refractivity contribution in [2.75, 3.05) is 5.32 Å². The number of nitrogens with two attached hydrogens (primary N) is 1. The molecule has 134 valence electrons.